The first-order chi connectivity index (χ1) is 7.37. The maximum atomic E-state index is 12.8. The van der Waals surface area contributed by atoms with Gasteiger partial charge in [-0.05, 0) is 12.8 Å². The highest BCUT2D eigenvalue weighted by Crippen LogP contribution is 2.23. The molecule has 0 aromatic heterocycles. The van der Waals surface area contributed by atoms with Crippen LogP contribution in [-0.4, -0.2) is 32.7 Å². The molecular weight excluding hydrogens is 238 g/mol. The Labute approximate surface area is 94.6 Å². The van der Waals surface area contributed by atoms with Crippen molar-refractivity contribution in [1.29, 1.82) is 0 Å². The third-order valence-corrected chi connectivity index (χ3v) is 4.72. The standard InChI is InChI=1S/C9H18F2N2O2S/c10-9(11,6-12)7-13-16(14,15)8-4-2-1-3-5-8/h8,13H,1-7,12H2. The van der Waals surface area contributed by atoms with Crippen molar-refractivity contribution in [2.75, 3.05) is 13.1 Å². The minimum atomic E-state index is -3.61. The van der Waals surface area contributed by atoms with Gasteiger partial charge in [0.2, 0.25) is 10.0 Å². The van der Waals surface area contributed by atoms with Crippen LogP contribution < -0.4 is 10.5 Å². The van der Waals surface area contributed by atoms with Crippen LogP contribution in [0.3, 0.4) is 0 Å². The quantitative estimate of drug-likeness (QED) is 0.765. The molecule has 7 heteroatoms. The monoisotopic (exact) mass is 256 g/mol. The van der Waals surface area contributed by atoms with Crippen molar-refractivity contribution in [2.45, 2.75) is 43.3 Å². The number of sulfonamides is 1. The predicted octanol–water partition coefficient (Wildman–Crippen LogP) is 0.832. The average molecular weight is 256 g/mol. The summed E-state index contributed by atoms with van der Waals surface area (Å²) in [5.74, 6) is -3.16. The largest absolute Gasteiger partial charge is 0.325 e. The SMILES string of the molecule is NCC(F)(F)CNS(=O)(=O)C1CCCCC1. The number of hydrogen-bond acceptors (Lipinski definition) is 3. The van der Waals surface area contributed by atoms with Gasteiger partial charge in [0.15, 0.2) is 0 Å². The molecule has 4 nitrogen and oxygen atoms in total. The Kier molecular flexibility index (Phi) is 4.63. The fourth-order valence-corrected chi connectivity index (χ4v) is 3.37. The molecule has 0 saturated heterocycles. The van der Waals surface area contributed by atoms with Gasteiger partial charge >= 0.3 is 0 Å². The fourth-order valence-electron chi connectivity index (χ4n) is 1.77. The Balaban J connectivity index is 2.51. The van der Waals surface area contributed by atoms with Crippen molar-refractivity contribution in [1.82, 2.24) is 4.72 Å². The van der Waals surface area contributed by atoms with Gasteiger partial charge in [-0.3, -0.25) is 0 Å². The van der Waals surface area contributed by atoms with Gasteiger partial charge in [0.25, 0.3) is 5.92 Å². The lowest BCUT2D eigenvalue weighted by Gasteiger charge is -2.23. The minimum absolute atomic E-state index is 0.519. The molecular formula is C9H18F2N2O2S. The van der Waals surface area contributed by atoms with Crippen LogP contribution in [0.15, 0.2) is 0 Å². The first-order valence-corrected chi connectivity index (χ1v) is 6.98. The molecule has 1 saturated carbocycles. The first-order valence-electron chi connectivity index (χ1n) is 5.44. The molecule has 1 rings (SSSR count). The van der Waals surface area contributed by atoms with Gasteiger partial charge in [-0.15, -0.1) is 0 Å². The third kappa shape index (κ3) is 3.95. The van der Waals surface area contributed by atoms with E-state index in [1.54, 1.807) is 0 Å². The van der Waals surface area contributed by atoms with Gasteiger partial charge in [-0.1, -0.05) is 19.3 Å². The normalized spacial score (nSPS) is 19.9. The van der Waals surface area contributed by atoms with Crippen LogP contribution in [0, 0.1) is 0 Å². The van der Waals surface area contributed by atoms with Crippen LogP contribution in [0.5, 0.6) is 0 Å². The second kappa shape index (κ2) is 5.37. The van der Waals surface area contributed by atoms with Crippen molar-refractivity contribution in [2.24, 2.45) is 5.73 Å². The van der Waals surface area contributed by atoms with Crippen LogP contribution in [0.4, 0.5) is 8.78 Å². The molecule has 0 unspecified atom stereocenters. The Bertz CT molecular complexity index is 313. The van der Waals surface area contributed by atoms with Gasteiger partial charge < -0.3 is 5.73 Å². The Morgan fingerprint density at radius 2 is 1.81 bits per heavy atom. The van der Waals surface area contributed by atoms with Crippen LogP contribution >= 0.6 is 0 Å². The summed E-state index contributed by atoms with van der Waals surface area (Å²) in [6.45, 7) is -1.75. The third-order valence-electron chi connectivity index (χ3n) is 2.82. The maximum absolute atomic E-state index is 12.8. The molecule has 0 aliphatic heterocycles. The van der Waals surface area contributed by atoms with E-state index in [1.807, 2.05) is 4.72 Å². The molecule has 0 aromatic rings. The summed E-state index contributed by atoms with van der Waals surface area (Å²) < 4.78 is 50.9. The molecule has 16 heavy (non-hydrogen) atoms. The number of nitrogens with two attached hydrogens (primary N) is 1. The molecule has 3 N–H and O–H groups in total. The lowest BCUT2D eigenvalue weighted by molar-refractivity contribution is 0.0169. The molecule has 0 aromatic carbocycles. The summed E-state index contributed by atoms with van der Waals surface area (Å²) in [5.41, 5.74) is 4.83. The molecule has 0 spiro atoms. The van der Waals surface area contributed by atoms with Gasteiger partial charge in [-0.2, -0.15) is 0 Å². The minimum Gasteiger partial charge on any atom is -0.325 e. The smallest absolute Gasteiger partial charge is 0.273 e. The van der Waals surface area contributed by atoms with Crippen molar-refractivity contribution < 1.29 is 17.2 Å². The maximum Gasteiger partial charge on any atom is 0.273 e. The highest BCUT2D eigenvalue weighted by Gasteiger charge is 2.32. The molecule has 1 fully saturated rings. The Morgan fingerprint density at radius 3 is 2.31 bits per heavy atom. The van der Waals surface area contributed by atoms with E-state index in [2.05, 4.69) is 0 Å². The Hall–Kier alpha value is -0.270. The number of alkyl halides is 2. The van der Waals surface area contributed by atoms with E-state index >= 15 is 0 Å². The van der Waals surface area contributed by atoms with E-state index in [9.17, 15) is 17.2 Å². The highest BCUT2D eigenvalue weighted by molar-refractivity contribution is 7.90. The highest BCUT2D eigenvalue weighted by atomic mass is 32.2. The molecule has 1 aliphatic carbocycles. The van der Waals surface area contributed by atoms with Gasteiger partial charge in [0.1, 0.15) is 0 Å². The molecule has 0 bridgehead atoms. The second-order valence-corrected chi connectivity index (χ2v) is 6.23. The lowest BCUT2D eigenvalue weighted by atomic mass is 10.0. The first kappa shape index (κ1) is 13.8. The second-order valence-electron chi connectivity index (χ2n) is 4.19. The van der Waals surface area contributed by atoms with Crippen LogP contribution in [0.1, 0.15) is 32.1 Å². The summed E-state index contributed by atoms with van der Waals surface area (Å²) >= 11 is 0. The van der Waals surface area contributed by atoms with E-state index in [4.69, 9.17) is 5.73 Å². The zero-order valence-corrected chi connectivity index (χ0v) is 9.90. The van der Waals surface area contributed by atoms with Crippen molar-refractivity contribution in [3.8, 4) is 0 Å². The van der Waals surface area contributed by atoms with Crippen molar-refractivity contribution in [3.63, 3.8) is 0 Å². The van der Waals surface area contributed by atoms with Crippen molar-refractivity contribution >= 4 is 10.0 Å². The topological polar surface area (TPSA) is 72.2 Å². The van der Waals surface area contributed by atoms with E-state index in [0.29, 0.717) is 12.8 Å². The van der Waals surface area contributed by atoms with Crippen LogP contribution in [0.2, 0.25) is 0 Å². The van der Waals surface area contributed by atoms with Crippen molar-refractivity contribution in [3.05, 3.63) is 0 Å². The van der Waals surface area contributed by atoms with E-state index in [-0.39, 0.29) is 0 Å². The lowest BCUT2D eigenvalue weighted by Crippen LogP contribution is -2.45. The zero-order chi connectivity index (χ0) is 12.2. The Morgan fingerprint density at radius 1 is 1.25 bits per heavy atom. The van der Waals surface area contributed by atoms with Crippen LogP contribution in [-0.2, 0) is 10.0 Å². The molecule has 96 valence electrons. The average Bonchev–Trinajstić information content (AvgIpc) is 2.28. The summed E-state index contributed by atoms with van der Waals surface area (Å²) in [6, 6.07) is 0. The number of hydrogen-bond donors (Lipinski definition) is 2. The number of nitrogens with one attached hydrogen (secondary N) is 1. The van der Waals surface area contributed by atoms with E-state index in [1.165, 1.54) is 0 Å². The molecule has 0 radical (unpaired) electrons. The summed E-state index contributed by atoms with van der Waals surface area (Å²) in [5, 5.41) is -0.519. The van der Waals surface area contributed by atoms with Gasteiger partial charge in [0.05, 0.1) is 18.3 Å². The number of rotatable bonds is 5. The van der Waals surface area contributed by atoms with Gasteiger partial charge in [0, 0.05) is 0 Å². The molecule has 0 atom stereocenters. The molecule has 1 aliphatic rings. The van der Waals surface area contributed by atoms with E-state index in [0.717, 1.165) is 19.3 Å². The van der Waals surface area contributed by atoms with E-state index < -0.39 is 34.3 Å². The molecule has 0 amide bonds. The van der Waals surface area contributed by atoms with Crippen LogP contribution in [0.25, 0.3) is 0 Å². The zero-order valence-electron chi connectivity index (χ0n) is 9.09. The summed E-state index contributed by atoms with van der Waals surface area (Å²) in [7, 11) is -3.61. The molecule has 0 heterocycles. The number of halogens is 2. The van der Waals surface area contributed by atoms with Gasteiger partial charge in [-0.25, -0.2) is 21.9 Å². The predicted molar refractivity (Wildman–Crippen MR) is 57.8 cm³/mol. The fraction of sp³-hybridized carbons (Fsp3) is 1.00. The summed E-state index contributed by atoms with van der Waals surface area (Å²) in [6.07, 6.45) is 3.83. The summed E-state index contributed by atoms with van der Waals surface area (Å²) in [4.78, 5) is 0.